The number of amides is 1. The average molecular weight is 309 g/mol. The summed E-state index contributed by atoms with van der Waals surface area (Å²) in [5, 5.41) is 6.26. The van der Waals surface area contributed by atoms with Crippen LogP contribution in [0, 0.1) is 0 Å². The van der Waals surface area contributed by atoms with Crippen molar-refractivity contribution in [1.82, 2.24) is 10.3 Å². The van der Waals surface area contributed by atoms with Crippen LogP contribution in [0.3, 0.4) is 0 Å². The van der Waals surface area contributed by atoms with Crippen molar-refractivity contribution in [3.63, 3.8) is 0 Å². The first kappa shape index (κ1) is 14.1. The van der Waals surface area contributed by atoms with E-state index in [9.17, 15) is 4.79 Å². The smallest absolute Gasteiger partial charge is 0.255 e. The van der Waals surface area contributed by atoms with Gasteiger partial charge in [-0.3, -0.25) is 4.79 Å². The molecule has 1 aromatic carbocycles. The minimum Gasteiger partial charge on any atom is -0.486 e. The maximum absolute atomic E-state index is 12.3. The van der Waals surface area contributed by atoms with E-state index in [0.717, 1.165) is 37.3 Å². The van der Waals surface area contributed by atoms with Crippen molar-refractivity contribution in [2.45, 2.75) is 31.9 Å². The zero-order valence-electron chi connectivity index (χ0n) is 12.8. The fraction of sp³-hybridized carbons (Fsp3) is 0.333. The van der Waals surface area contributed by atoms with Crippen molar-refractivity contribution >= 4 is 11.7 Å². The van der Waals surface area contributed by atoms with Gasteiger partial charge in [-0.1, -0.05) is 18.2 Å². The van der Waals surface area contributed by atoms with Gasteiger partial charge in [-0.25, -0.2) is 4.98 Å². The number of fused-ring (bicyclic) bond motifs is 1. The molecule has 5 heteroatoms. The van der Waals surface area contributed by atoms with Crippen molar-refractivity contribution in [2.75, 3.05) is 11.9 Å². The summed E-state index contributed by atoms with van der Waals surface area (Å²) < 4.78 is 5.85. The van der Waals surface area contributed by atoms with E-state index >= 15 is 0 Å². The summed E-state index contributed by atoms with van der Waals surface area (Å²) in [6, 6.07) is 11.8. The third-order valence-electron chi connectivity index (χ3n) is 4.14. The molecule has 1 saturated carbocycles. The van der Waals surface area contributed by atoms with Gasteiger partial charge in [-0.05, 0) is 43.0 Å². The summed E-state index contributed by atoms with van der Waals surface area (Å²) in [6.45, 7) is 1.29. The standard InChI is InChI=1S/C18H19N3O2/c22-18(21-13-7-8-13)15-3-1-2-4-16(15)23-11-14-6-5-12-9-10-19-17(12)20-14/h1-6,13H,7-11H2,(H,19,20)(H,21,22). The minimum atomic E-state index is -0.0633. The summed E-state index contributed by atoms with van der Waals surface area (Å²) in [7, 11) is 0. The van der Waals surface area contributed by atoms with Crippen LogP contribution in [0.1, 0.15) is 34.5 Å². The number of aromatic nitrogens is 1. The van der Waals surface area contributed by atoms with Crippen LogP contribution >= 0.6 is 0 Å². The van der Waals surface area contributed by atoms with E-state index in [1.165, 1.54) is 5.56 Å². The normalized spacial score (nSPS) is 15.7. The molecular formula is C18H19N3O2. The number of pyridine rings is 1. The Kier molecular flexibility index (Phi) is 3.61. The Hall–Kier alpha value is -2.56. The van der Waals surface area contributed by atoms with E-state index in [0.29, 0.717) is 24.0 Å². The lowest BCUT2D eigenvalue weighted by Crippen LogP contribution is -2.25. The summed E-state index contributed by atoms with van der Waals surface area (Å²) in [4.78, 5) is 16.8. The highest BCUT2D eigenvalue weighted by molar-refractivity contribution is 5.97. The van der Waals surface area contributed by atoms with Gasteiger partial charge >= 0.3 is 0 Å². The molecule has 1 aliphatic carbocycles. The van der Waals surface area contributed by atoms with Crippen LogP contribution in [0.5, 0.6) is 5.75 Å². The molecule has 118 valence electrons. The molecule has 2 heterocycles. The number of nitrogens with zero attached hydrogens (tertiary/aromatic N) is 1. The van der Waals surface area contributed by atoms with Crippen LogP contribution in [0.4, 0.5) is 5.82 Å². The first-order valence-electron chi connectivity index (χ1n) is 8.05. The Bertz CT molecular complexity index is 741. The number of rotatable bonds is 5. The molecule has 1 amide bonds. The minimum absolute atomic E-state index is 0.0633. The Morgan fingerprint density at radius 1 is 1.26 bits per heavy atom. The van der Waals surface area contributed by atoms with Gasteiger partial charge in [-0.2, -0.15) is 0 Å². The molecule has 2 aliphatic rings. The highest BCUT2D eigenvalue weighted by atomic mass is 16.5. The Labute approximate surface area is 135 Å². The predicted molar refractivity (Wildman–Crippen MR) is 87.7 cm³/mol. The number of hydrogen-bond acceptors (Lipinski definition) is 4. The summed E-state index contributed by atoms with van der Waals surface area (Å²) in [5.41, 5.74) is 2.69. The first-order valence-corrected chi connectivity index (χ1v) is 8.05. The molecule has 1 aliphatic heterocycles. The van der Waals surface area contributed by atoms with Gasteiger partial charge in [0.2, 0.25) is 0 Å². The van der Waals surface area contributed by atoms with Gasteiger partial charge in [0.1, 0.15) is 18.2 Å². The van der Waals surface area contributed by atoms with Gasteiger partial charge in [0.05, 0.1) is 11.3 Å². The van der Waals surface area contributed by atoms with E-state index in [1.54, 1.807) is 6.07 Å². The number of anilines is 1. The second-order valence-corrected chi connectivity index (χ2v) is 6.02. The van der Waals surface area contributed by atoms with Gasteiger partial charge < -0.3 is 15.4 Å². The average Bonchev–Trinajstić information content (AvgIpc) is 3.26. The van der Waals surface area contributed by atoms with Crippen LogP contribution in [-0.2, 0) is 13.0 Å². The van der Waals surface area contributed by atoms with E-state index in [1.807, 2.05) is 24.3 Å². The monoisotopic (exact) mass is 309 g/mol. The molecule has 1 aromatic heterocycles. The number of benzene rings is 1. The molecule has 1 fully saturated rings. The highest BCUT2D eigenvalue weighted by Crippen LogP contribution is 2.24. The molecule has 0 radical (unpaired) electrons. The van der Waals surface area contributed by atoms with Crippen LogP contribution in [-0.4, -0.2) is 23.5 Å². The number of carbonyl (C=O) groups excluding carboxylic acids is 1. The number of hydrogen-bond donors (Lipinski definition) is 2. The van der Waals surface area contributed by atoms with Crippen LogP contribution in [0.2, 0.25) is 0 Å². The Balaban J connectivity index is 1.47. The van der Waals surface area contributed by atoms with E-state index in [-0.39, 0.29) is 5.91 Å². The Morgan fingerprint density at radius 2 is 2.13 bits per heavy atom. The molecule has 23 heavy (non-hydrogen) atoms. The van der Waals surface area contributed by atoms with Crippen molar-refractivity contribution < 1.29 is 9.53 Å². The van der Waals surface area contributed by atoms with Crippen molar-refractivity contribution in [1.29, 1.82) is 0 Å². The van der Waals surface area contributed by atoms with Gasteiger partial charge in [0.25, 0.3) is 5.91 Å². The first-order chi connectivity index (χ1) is 11.3. The number of nitrogens with one attached hydrogen (secondary N) is 2. The third-order valence-corrected chi connectivity index (χ3v) is 4.14. The van der Waals surface area contributed by atoms with Crippen LogP contribution < -0.4 is 15.4 Å². The predicted octanol–water partition coefficient (Wildman–Crippen LogP) is 2.52. The number of para-hydroxylation sites is 1. The van der Waals surface area contributed by atoms with Gasteiger partial charge in [0.15, 0.2) is 0 Å². The quantitative estimate of drug-likeness (QED) is 0.891. The van der Waals surface area contributed by atoms with E-state index in [4.69, 9.17) is 4.74 Å². The molecular weight excluding hydrogens is 290 g/mol. The lowest BCUT2D eigenvalue weighted by Gasteiger charge is -2.11. The van der Waals surface area contributed by atoms with Crippen LogP contribution in [0.15, 0.2) is 36.4 Å². The van der Waals surface area contributed by atoms with Gasteiger partial charge in [0, 0.05) is 12.6 Å². The van der Waals surface area contributed by atoms with Crippen molar-refractivity contribution in [3.05, 3.63) is 53.2 Å². The molecule has 0 bridgehead atoms. The van der Waals surface area contributed by atoms with Crippen molar-refractivity contribution in [3.8, 4) is 5.75 Å². The number of ether oxygens (including phenoxy) is 1. The molecule has 0 atom stereocenters. The summed E-state index contributed by atoms with van der Waals surface area (Å²) >= 11 is 0. The maximum atomic E-state index is 12.3. The molecule has 0 spiro atoms. The lowest BCUT2D eigenvalue weighted by molar-refractivity contribution is 0.0946. The Morgan fingerprint density at radius 3 is 3.00 bits per heavy atom. The zero-order valence-corrected chi connectivity index (χ0v) is 12.8. The molecule has 2 aromatic rings. The second-order valence-electron chi connectivity index (χ2n) is 6.02. The zero-order chi connectivity index (χ0) is 15.6. The van der Waals surface area contributed by atoms with Gasteiger partial charge in [-0.15, -0.1) is 0 Å². The van der Waals surface area contributed by atoms with E-state index < -0.39 is 0 Å². The molecule has 0 unspecified atom stereocenters. The maximum Gasteiger partial charge on any atom is 0.255 e. The fourth-order valence-corrected chi connectivity index (χ4v) is 2.70. The molecule has 0 saturated heterocycles. The summed E-state index contributed by atoms with van der Waals surface area (Å²) in [5.74, 6) is 1.48. The molecule has 5 nitrogen and oxygen atoms in total. The largest absolute Gasteiger partial charge is 0.486 e. The highest BCUT2D eigenvalue weighted by Gasteiger charge is 2.25. The lowest BCUT2D eigenvalue weighted by atomic mass is 10.2. The molecule has 2 N–H and O–H groups in total. The topological polar surface area (TPSA) is 63.2 Å². The SMILES string of the molecule is O=C(NC1CC1)c1ccccc1OCc1ccc2c(n1)NCC2. The summed E-state index contributed by atoms with van der Waals surface area (Å²) in [6.07, 6.45) is 3.16. The second kappa shape index (κ2) is 5.91. The van der Waals surface area contributed by atoms with Crippen molar-refractivity contribution in [2.24, 2.45) is 0 Å². The fourth-order valence-electron chi connectivity index (χ4n) is 2.70. The number of carbonyl (C=O) groups is 1. The third kappa shape index (κ3) is 3.13. The molecule has 4 rings (SSSR count). The van der Waals surface area contributed by atoms with Crippen LogP contribution in [0.25, 0.3) is 0 Å². The van der Waals surface area contributed by atoms with E-state index in [2.05, 4.69) is 21.7 Å².